The Morgan fingerprint density at radius 3 is 2.38 bits per heavy atom. The van der Waals surface area contributed by atoms with Crippen LogP contribution < -0.4 is 15.6 Å². The third-order valence-corrected chi connectivity index (χ3v) is 8.17. The number of halogens is 4. The number of hydrogen-bond acceptors (Lipinski definition) is 7. The zero-order chi connectivity index (χ0) is 37.4. The minimum atomic E-state index is -4.91. The van der Waals surface area contributed by atoms with Crippen LogP contribution in [0.5, 0.6) is 5.75 Å². The van der Waals surface area contributed by atoms with Crippen molar-refractivity contribution in [3.05, 3.63) is 130 Å². The van der Waals surface area contributed by atoms with Crippen molar-refractivity contribution in [3.63, 3.8) is 0 Å². The van der Waals surface area contributed by atoms with Crippen molar-refractivity contribution in [1.29, 1.82) is 0 Å². The SMILES string of the molecule is CCOc1ccc(-n2c(C(CCNC(=O)CN(C)C)N(Cc3cccnc3)C(=O)Cc3ccc(C(F)(F)F)c(F)c3)nc3ccccc3c2=O)cc1. The molecule has 0 aliphatic heterocycles. The van der Waals surface area contributed by atoms with E-state index >= 15 is 0 Å². The molecule has 0 spiro atoms. The van der Waals surface area contributed by atoms with Gasteiger partial charge in [0.25, 0.3) is 5.56 Å². The van der Waals surface area contributed by atoms with E-state index in [1.54, 1.807) is 92.1 Å². The summed E-state index contributed by atoms with van der Waals surface area (Å²) in [7, 11) is 3.49. The van der Waals surface area contributed by atoms with Gasteiger partial charge in [0.2, 0.25) is 11.8 Å². The molecule has 0 aliphatic rings. The molecule has 272 valence electrons. The molecule has 0 radical (unpaired) electrons. The van der Waals surface area contributed by atoms with E-state index in [4.69, 9.17) is 9.72 Å². The van der Waals surface area contributed by atoms with Crippen LogP contribution in [0, 0.1) is 5.82 Å². The zero-order valence-electron chi connectivity index (χ0n) is 28.9. The van der Waals surface area contributed by atoms with Gasteiger partial charge >= 0.3 is 6.18 Å². The lowest BCUT2D eigenvalue weighted by molar-refractivity contribution is -0.140. The lowest BCUT2D eigenvalue weighted by Gasteiger charge is -2.33. The van der Waals surface area contributed by atoms with Crippen LogP contribution in [0.3, 0.4) is 0 Å². The molecule has 14 heteroatoms. The third kappa shape index (κ3) is 9.18. The molecule has 1 unspecified atom stereocenters. The van der Waals surface area contributed by atoms with Crippen LogP contribution in [0.1, 0.15) is 41.9 Å². The predicted octanol–water partition coefficient (Wildman–Crippen LogP) is 5.72. The summed E-state index contributed by atoms with van der Waals surface area (Å²) in [6.45, 7) is 2.39. The van der Waals surface area contributed by atoms with Crippen LogP contribution in [0.15, 0.2) is 96.1 Å². The van der Waals surface area contributed by atoms with Crippen molar-refractivity contribution in [2.24, 2.45) is 0 Å². The fourth-order valence-electron chi connectivity index (χ4n) is 5.83. The van der Waals surface area contributed by atoms with Gasteiger partial charge in [-0.25, -0.2) is 9.37 Å². The first-order chi connectivity index (χ1) is 24.8. The molecule has 0 saturated heterocycles. The molecule has 1 N–H and O–H groups in total. The second-order valence-electron chi connectivity index (χ2n) is 12.3. The minimum Gasteiger partial charge on any atom is -0.494 e. The number of nitrogens with zero attached hydrogens (tertiary/aromatic N) is 5. The van der Waals surface area contributed by atoms with Gasteiger partial charge in [0.15, 0.2) is 0 Å². The number of rotatable bonds is 14. The van der Waals surface area contributed by atoms with Crippen molar-refractivity contribution >= 4 is 22.7 Å². The molecule has 2 heterocycles. The number of hydrogen-bond donors (Lipinski definition) is 1. The maximum atomic E-state index is 14.7. The first-order valence-corrected chi connectivity index (χ1v) is 16.6. The Labute approximate surface area is 297 Å². The standard InChI is InChI=1S/C38H38F4N6O4/c1-4-52-28-14-12-27(13-15-28)48-36(45-32-10-6-5-9-29(32)37(48)51)33(17-19-44-34(49)24-46(2)3)47(23-26-8-7-18-43-22-26)35(50)21-25-11-16-30(31(39)20-25)38(40,41)42/h5-16,18,20,22,33H,4,17,19,21,23-24H2,1-3H3,(H,44,49). The summed E-state index contributed by atoms with van der Waals surface area (Å²) in [5.41, 5.74) is -0.439. The predicted molar refractivity (Wildman–Crippen MR) is 187 cm³/mol. The number of nitrogens with one attached hydrogen (secondary N) is 1. The van der Waals surface area contributed by atoms with E-state index in [1.165, 1.54) is 9.47 Å². The fraction of sp³-hybridized carbons (Fsp3) is 0.289. The second kappa shape index (κ2) is 16.6. The van der Waals surface area contributed by atoms with Gasteiger partial charge in [-0.3, -0.25) is 23.9 Å². The number of alkyl halides is 3. The van der Waals surface area contributed by atoms with Gasteiger partial charge in [-0.1, -0.05) is 24.3 Å². The Balaban J connectivity index is 1.67. The van der Waals surface area contributed by atoms with E-state index in [-0.39, 0.29) is 43.4 Å². The first kappa shape index (κ1) is 37.6. The van der Waals surface area contributed by atoms with E-state index in [9.17, 15) is 31.9 Å². The molecule has 0 fully saturated rings. The van der Waals surface area contributed by atoms with Gasteiger partial charge < -0.3 is 19.9 Å². The maximum Gasteiger partial charge on any atom is 0.419 e. The molecule has 2 amide bonds. The summed E-state index contributed by atoms with van der Waals surface area (Å²) in [5, 5.41) is 3.19. The lowest BCUT2D eigenvalue weighted by Crippen LogP contribution is -2.41. The number of aromatic nitrogens is 3. The van der Waals surface area contributed by atoms with Gasteiger partial charge in [0, 0.05) is 25.5 Å². The fourth-order valence-corrected chi connectivity index (χ4v) is 5.83. The Hall–Kier alpha value is -5.63. The largest absolute Gasteiger partial charge is 0.494 e. The van der Waals surface area contributed by atoms with E-state index in [0.29, 0.717) is 46.6 Å². The number of amides is 2. The number of benzene rings is 3. The smallest absolute Gasteiger partial charge is 0.419 e. The van der Waals surface area contributed by atoms with Crippen LogP contribution in [-0.2, 0) is 28.7 Å². The molecular formula is C38H38F4N6O4. The summed E-state index contributed by atoms with van der Waals surface area (Å²) in [6, 6.07) is 18.4. The average molecular weight is 719 g/mol. The second-order valence-corrected chi connectivity index (χ2v) is 12.3. The Kier molecular flexibility index (Phi) is 12.0. The molecule has 10 nitrogen and oxygen atoms in total. The Morgan fingerprint density at radius 2 is 1.73 bits per heavy atom. The lowest BCUT2D eigenvalue weighted by atomic mass is 10.0. The summed E-state index contributed by atoms with van der Waals surface area (Å²) in [4.78, 5) is 53.7. The van der Waals surface area contributed by atoms with Gasteiger partial charge in [-0.2, -0.15) is 13.2 Å². The molecule has 0 bridgehead atoms. The van der Waals surface area contributed by atoms with E-state index < -0.39 is 41.5 Å². The van der Waals surface area contributed by atoms with Crippen molar-refractivity contribution in [1.82, 2.24) is 29.7 Å². The number of fused-ring (bicyclic) bond motifs is 1. The highest BCUT2D eigenvalue weighted by Crippen LogP contribution is 2.33. The third-order valence-electron chi connectivity index (χ3n) is 8.17. The highest BCUT2D eigenvalue weighted by molar-refractivity contribution is 5.81. The highest BCUT2D eigenvalue weighted by atomic mass is 19.4. The number of pyridine rings is 1. The highest BCUT2D eigenvalue weighted by Gasteiger charge is 2.35. The summed E-state index contributed by atoms with van der Waals surface area (Å²) >= 11 is 0. The number of para-hydroxylation sites is 1. The van der Waals surface area contributed by atoms with Gasteiger partial charge in [-0.15, -0.1) is 0 Å². The molecular weight excluding hydrogens is 680 g/mol. The molecule has 5 rings (SSSR count). The van der Waals surface area contributed by atoms with Gasteiger partial charge in [0.05, 0.1) is 47.8 Å². The van der Waals surface area contributed by atoms with E-state index in [1.807, 2.05) is 6.92 Å². The Morgan fingerprint density at radius 1 is 0.981 bits per heavy atom. The first-order valence-electron chi connectivity index (χ1n) is 16.6. The van der Waals surface area contributed by atoms with Crippen molar-refractivity contribution in [2.45, 2.75) is 38.5 Å². The number of likely N-dealkylation sites (N-methyl/N-ethyl adjacent to an activating group) is 1. The maximum absolute atomic E-state index is 14.7. The molecule has 0 saturated carbocycles. The molecule has 5 aromatic rings. The number of carbonyl (C=O) groups excluding carboxylic acids is 2. The van der Waals surface area contributed by atoms with Crippen molar-refractivity contribution in [2.75, 3.05) is 33.8 Å². The van der Waals surface area contributed by atoms with Crippen molar-refractivity contribution in [3.8, 4) is 11.4 Å². The van der Waals surface area contributed by atoms with Crippen LogP contribution in [0.2, 0.25) is 0 Å². The zero-order valence-corrected chi connectivity index (χ0v) is 28.9. The number of ether oxygens (including phenoxy) is 1. The molecule has 1 atom stereocenters. The minimum absolute atomic E-state index is 0.0140. The molecule has 3 aromatic carbocycles. The van der Waals surface area contributed by atoms with Crippen LogP contribution in [0.25, 0.3) is 16.6 Å². The van der Waals surface area contributed by atoms with Crippen molar-refractivity contribution < 1.29 is 31.9 Å². The molecule has 52 heavy (non-hydrogen) atoms. The van der Waals surface area contributed by atoms with Crippen LogP contribution >= 0.6 is 0 Å². The van der Waals surface area contributed by atoms with Crippen LogP contribution in [0.4, 0.5) is 17.6 Å². The average Bonchev–Trinajstić information content (AvgIpc) is 3.09. The molecule has 2 aromatic heterocycles. The van der Waals surface area contributed by atoms with E-state index in [0.717, 1.165) is 6.07 Å². The normalized spacial score (nSPS) is 12.2. The van der Waals surface area contributed by atoms with Gasteiger partial charge in [-0.05, 0) is 93.2 Å². The quantitative estimate of drug-likeness (QED) is 0.147. The summed E-state index contributed by atoms with van der Waals surface area (Å²) in [5.74, 6) is -1.62. The topological polar surface area (TPSA) is 110 Å². The van der Waals surface area contributed by atoms with E-state index in [2.05, 4.69) is 10.3 Å². The summed E-state index contributed by atoms with van der Waals surface area (Å²) < 4.78 is 61.7. The van der Waals surface area contributed by atoms with Gasteiger partial charge in [0.1, 0.15) is 17.4 Å². The Bertz CT molecular complexity index is 2070. The number of carbonyl (C=O) groups is 2. The molecule has 0 aliphatic carbocycles. The monoisotopic (exact) mass is 718 g/mol. The summed E-state index contributed by atoms with van der Waals surface area (Å²) in [6.07, 6.45) is -2.18. The van der Waals surface area contributed by atoms with Crippen LogP contribution in [-0.4, -0.2) is 69.9 Å².